The van der Waals surface area contributed by atoms with Crippen LogP contribution in [0, 0.1) is 0 Å². The maximum Gasteiger partial charge on any atom is 0.220 e. The van der Waals surface area contributed by atoms with Crippen LogP contribution in [0.25, 0.3) is 0 Å². The molecule has 0 bridgehead atoms. The highest BCUT2D eigenvalue weighted by molar-refractivity contribution is 5.76. The molecule has 5 nitrogen and oxygen atoms in total. The maximum atomic E-state index is 12.4. The van der Waals surface area contributed by atoms with E-state index in [4.69, 9.17) is 0 Å². The van der Waals surface area contributed by atoms with E-state index in [2.05, 4.69) is 19.2 Å². The van der Waals surface area contributed by atoms with Crippen molar-refractivity contribution in [1.82, 2.24) is 5.32 Å². The van der Waals surface area contributed by atoms with E-state index in [0.717, 1.165) is 38.5 Å². The van der Waals surface area contributed by atoms with E-state index in [1.54, 1.807) is 0 Å². The predicted molar refractivity (Wildman–Crippen MR) is 222 cm³/mol. The van der Waals surface area contributed by atoms with E-state index in [1.807, 2.05) is 0 Å². The standard InChI is InChI=1S/C46H93NO4/c1-3-5-7-9-11-13-14-15-16-17-18-19-20-21-22-23-24-25-26-27-28-29-30-31-33-35-37-39-41-45(50)47-43(42-48)46(51)44(49)40-38-36-34-32-12-10-8-6-4-2/h43-44,46,48-49,51H,3-42H2,1-2H3,(H,47,50)/t43-,44+,46-/m0/s1. The van der Waals surface area contributed by atoms with Crippen molar-refractivity contribution in [2.45, 2.75) is 283 Å². The van der Waals surface area contributed by atoms with Gasteiger partial charge in [0.25, 0.3) is 0 Å². The third-order valence-corrected chi connectivity index (χ3v) is 11.2. The zero-order valence-corrected chi connectivity index (χ0v) is 34.8. The Morgan fingerprint density at radius 3 is 0.941 bits per heavy atom. The van der Waals surface area contributed by atoms with Crippen LogP contribution in [0.5, 0.6) is 0 Å². The number of carbonyl (C=O) groups excluding carboxylic acids is 1. The van der Waals surface area contributed by atoms with Gasteiger partial charge in [-0.05, 0) is 12.8 Å². The van der Waals surface area contributed by atoms with Gasteiger partial charge in [0.2, 0.25) is 5.91 Å². The van der Waals surface area contributed by atoms with Crippen molar-refractivity contribution in [3.63, 3.8) is 0 Å². The van der Waals surface area contributed by atoms with Gasteiger partial charge in [0.15, 0.2) is 0 Å². The SMILES string of the molecule is CCCCCCCCCCCCCCCCCCCCCCCCCCCCCCC(=O)N[C@@H](CO)[C@H](O)[C@H](O)CCCCCCCCCCC. The second-order valence-electron chi connectivity index (χ2n) is 16.3. The first kappa shape index (κ1) is 50.4. The zero-order valence-electron chi connectivity index (χ0n) is 34.8. The summed E-state index contributed by atoms with van der Waals surface area (Å²) in [5.74, 6) is -0.141. The summed E-state index contributed by atoms with van der Waals surface area (Å²) < 4.78 is 0. The quantitative estimate of drug-likeness (QED) is 0.0472. The van der Waals surface area contributed by atoms with Crippen molar-refractivity contribution in [2.24, 2.45) is 0 Å². The normalized spacial score (nSPS) is 13.4. The van der Waals surface area contributed by atoms with Crippen LogP contribution in [0.15, 0.2) is 0 Å². The lowest BCUT2D eigenvalue weighted by Crippen LogP contribution is -2.50. The monoisotopic (exact) mass is 724 g/mol. The Kier molecular flexibility index (Phi) is 41.6. The van der Waals surface area contributed by atoms with Crippen LogP contribution < -0.4 is 5.32 Å². The highest BCUT2D eigenvalue weighted by Crippen LogP contribution is 2.17. The molecule has 0 unspecified atom stereocenters. The Morgan fingerprint density at radius 1 is 0.412 bits per heavy atom. The van der Waals surface area contributed by atoms with Crippen molar-refractivity contribution in [2.75, 3.05) is 6.61 Å². The van der Waals surface area contributed by atoms with Gasteiger partial charge < -0.3 is 20.6 Å². The molecule has 0 aliphatic rings. The number of carbonyl (C=O) groups is 1. The maximum absolute atomic E-state index is 12.4. The molecule has 306 valence electrons. The summed E-state index contributed by atoms with van der Waals surface area (Å²) >= 11 is 0. The summed E-state index contributed by atoms with van der Waals surface area (Å²) in [6.45, 7) is 4.17. The number of unbranched alkanes of at least 4 members (excludes halogenated alkanes) is 35. The molecule has 3 atom stereocenters. The first-order chi connectivity index (χ1) is 25.1. The molecule has 0 aliphatic heterocycles. The molecule has 0 radical (unpaired) electrons. The molecular weight excluding hydrogens is 631 g/mol. The Hall–Kier alpha value is -0.650. The Morgan fingerprint density at radius 2 is 0.667 bits per heavy atom. The van der Waals surface area contributed by atoms with Gasteiger partial charge in [-0.25, -0.2) is 0 Å². The number of aliphatic hydroxyl groups excluding tert-OH is 3. The Bertz CT molecular complexity index is 674. The van der Waals surface area contributed by atoms with E-state index in [0.29, 0.717) is 12.8 Å². The average molecular weight is 724 g/mol. The third-order valence-electron chi connectivity index (χ3n) is 11.2. The van der Waals surface area contributed by atoms with E-state index >= 15 is 0 Å². The van der Waals surface area contributed by atoms with Crippen LogP contribution >= 0.6 is 0 Å². The van der Waals surface area contributed by atoms with Crippen molar-refractivity contribution in [1.29, 1.82) is 0 Å². The van der Waals surface area contributed by atoms with Crippen molar-refractivity contribution >= 4 is 5.91 Å². The van der Waals surface area contributed by atoms with Gasteiger partial charge in [-0.15, -0.1) is 0 Å². The lowest BCUT2D eigenvalue weighted by molar-refractivity contribution is -0.124. The summed E-state index contributed by atoms with van der Waals surface area (Å²) in [5.41, 5.74) is 0. The highest BCUT2D eigenvalue weighted by atomic mass is 16.3. The molecule has 51 heavy (non-hydrogen) atoms. The van der Waals surface area contributed by atoms with Gasteiger partial charge in [-0.2, -0.15) is 0 Å². The van der Waals surface area contributed by atoms with Crippen LogP contribution in [-0.2, 0) is 4.79 Å². The van der Waals surface area contributed by atoms with E-state index in [1.165, 1.54) is 199 Å². The number of rotatable bonds is 43. The van der Waals surface area contributed by atoms with E-state index < -0.39 is 18.2 Å². The summed E-state index contributed by atoms with van der Waals surface area (Å²) in [5, 5.41) is 33.4. The van der Waals surface area contributed by atoms with Crippen LogP contribution in [0.1, 0.15) is 264 Å². The third kappa shape index (κ3) is 37.5. The minimum atomic E-state index is -1.13. The number of nitrogens with one attached hydrogen (secondary N) is 1. The van der Waals surface area contributed by atoms with Gasteiger partial charge in [-0.1, -0.05) is 245 Å². The van der Waals surface area contributed by atoms with Gasteiger partial charge in [-0.3, -0.25) is 4.79 Å². The Balaban J connectivity index is 3.44. The highest BCUT2D eigenvalue weighted by Gasteiger charge is 2.26. The number of aliphatic hydroxyl groups is 3. The molecule has 4 N–H and O–H groups in total. The van der Waals surface area contributed by atoms with Gasteiger partial charge in [0.05, 0.1) is 18.8 Å². The molecular formula is C46H93NO4. The molecule has 0 spiro atoms. The molecule has 0 aromatic heterocycles. The molecule has 0 aliphatic carbocycles. The second-order valence-corrected chi connectivity index (χ2v) is 16.3. The van der Waals surface area contributed by atoms with Crippen LogP contribution in [-0.4, -0.2) is 46.1 Å². The van der Waals surface area contributed by atoms with Gasteiger partial charge >= 0.3 is 0 Å². The fourth-order valence-corrected chi connectivity index (χ4v) is 7.58. The lowest BCUT2D eigenvalue weighted by atomic mass is 9.99. The summed E-state index contributed by atoms with van der Waals surface area (Å²) in [6, 6.07) is -0.801. The smallest absolute Gasteiger partial charge is 0.220 e. The summed E-state index contributed by atoms with van der Waals surface area (Å²) in [7, 11) is 0. The number of hydrogen-bond donors (Lipinski definition) is 4. The molecule has 0 rings (SSSR count). The molecule has 0 saturated heterocycles. The number of hydrogen-bond acceptors (Lipinski definition) is 4. The molecule has 5 heteroatoms. The van der Waals surface area contributed by atoms with Crippen LogP contribution in [0.3, 0.4) is 0 Å². The fraction of sp³-hybridized carbons (Fsp3) is 0.978. The molecule has 0 saturated carbocycles. The first-order valence-corrected chi connectivity index (χ1v) is 23.3. The largest absolute Gasteiger partial charge is 0.394 e. The van der Waals surface area contributed by atoms with E-state index in [9.17, 15) is 20.1 Å². The summed E-state index contributed by atoms with van der Waals surface area (Å²) in [6.07, 6.45) is 48.2. The minimum Gasteiger partial charge on any atom is -0.394 e. The number of amides is 1. The van der Waals surface area contributed by atoms with Gasteiger partial charge in [0, 0.05) is 6.42 Å². The molecule has 0 fully saturated rings. The molecule has 1 amide bonds. The van der Waals surface area contributed by atoms with Crippen LogP contribution in [0.4, 0.5) is 0 Å². The summed E-state index contributed by atoms with van der Waals surface area (Å²) in [4.78, 5) is 12.4. The van der Waals surface area contributed by atoms with Crippen molar-refractivity contribution < 1.29 is 20.1 Å². The van der Waals surface area contributed by atoms with Crippen LogP contribution in [0.2, 0.25) is 0 Å². The van der Waals surface area contributed by atoms with Gasteiger partial charge in [0.1, 0.15) is 6.10 Å². The topological polar surface area (TPSA) is 89.8 Å². The zero-order chi connectivity index (χ0) is 37.3. The van der Waals surface area contributed by atoms with Crippen molar-refractivity contribution in [3.05, 3.63) is 0 Å². The lowest BCUT2D eigenvalue weighted by Gasteiger charge is -2.26. The average Bonchev–Trinajstić information content (AvgIpc) is 3.13. The second kappa shape index (κ2) is 42.1. The molecule has 0 aromatic rings. The Labute approximate surface area is 319 Å². The molecule has 0 heterocycles. The minimum absolute atomic E-state index is 0.141. The van der Waals surface area contributed by atoms with E-state index in [-0.39, 0.29) is 12.5 Å². The predicted octanol–water partition coefficient (Wildman–Crippen LogP) is 13.4. The first-order valence-electron chi connectivity index (χ1n) is 23.3. The fourth-order valence-electron chi connectivity index (χ4n) is 7.58. The molecule has 0 aromatic carbocycles. The van der Waals surface area contributed by atoms with Crippen molar-refractivity contribution in [3.8, 4) is 0 Å².